The summed E-state index contributed by atoms with van der Waals surface area (Å²) in [5.41, 5.74) is 1.33. The Bertz CT molecular complexity index is 425. The summed E-state index contributed by atoms with van der Waals surface area (Å²) in [6, 6.07) is 6.91. The molecule has 0 bridgehead atoms. The van der Waals surface area contributed by atoms with E-state index in [9.17, 15) is 4.39 Å². The summed E-state index contributed by atoms with van der Waals surface area (Å²) in [4.78, 5) is 2.31. The first-order chi connectivity index (χ1) is 9.47. The highest BCUT2D eigenvalue weighted by atomic mass is 19.1. The lowest BCUT2D eigenvalue weighted by Crippen LogP contribution is -2.43. The van der Waals surface area contributed by atoms with Gasteiger partial charge in [-0.1, -0.05) is 26.0 Å². The first-order valence-electron chi connectivity index (χ1n) is 7.61. The Morgan fingerprint density at radius 3 is 2.85 bits per heavy atom. The Labute approximate surface area is 122 Å². The van der Waals surface area contributed by atoms with Gasteiger partial charge in [-0.15, -0.1) is 0 Å². The fourth-order valence-corrected chi connectivity index (χ4v) is 3.35. The molecule has 2 nitrogen and oxygen atoms in total. The van der Waals surface area contributed by atoms with Crippen molar-refractivity contribution in [2.45, 2.75) is 33.2 Å². The van der Waals surface area contributed by atoms with Crippen molar-refractivity contribution in [2.24, 2.45) is 11.3 Å². The number of hydrogen-bond donors (Lipinski definition) is 1. The molecule has 2 rings (SSSR count). The van der Waals surface area contributed by atoms with Gasteiger partial charge in [0.1, 0.15) is 5.82 Å². The van der Waals surface area contributed by atoms with E-state index >= 15 is 0 Å². The van der Waals surface area contributed by atoms with Crippen LogP contribution in [0.5, 0.6) is 0 Å². The van der Waals surface area contributed by atoms with Crippen LogP contribution < -0.4 is 5.32 Å². The van der Waals surface area contributed by atoms with Crippen molar-refractivity contribution >= 4 is 0 Å². The summed E-state index contributed by atoms with van der Waals surface area (Å²) in [6.07, 6.45) is 2.59. The van der Waals surface area contributed by atoms with Crippen LogP contribution in [0.15, 0.2) is 24.3 Å². The molecule has 1 atom stereocenters. The van der Waals surface area contributed by atoms with Crippen LogP contribution >= 0.6 is 0 Å². The van der Waals surface area contributed by atoms with Crippen molar-refractivity contribution in [1.29, 1.82) is 0 Å². The van der Waals surface area contributed by atoms with Crippen molar-refractivity contribution in [3.8, 4) is 0 Å². The number of nitrogens with one attached hydrogen (secondary N) is 1. The fraction of sp³-hybridized carbons (Fsp3) is 0.647. The highest BCUT2D eigenvalue weighted by Crippen LogP contribution is 2.32. The summed E-state index contributed by atoms with van der Waals surface area (Å²) in [5, 5.41) is 3.50. The van der Waals surface area contributed by atoms with Crippen molar-refractivity contribution in [1.82, 2.24) is 10.2 Å². The van der Waals surface area contributed by atoms with Crippen LogP contribution in [0.3, 0.4) is 0 Å². The molecular formula is C17H27FN2. The first kappa shape index (κ1) is 15.5. The number of piperidine rings is 1. The molecule has 1 fully saturated rings. The van der Waals surface area contributed by atoms with Gasteiger partial charge in [0.05, 0.1) is 0 Å². The smallest absolute Gasteiger partial charge is 0.123 e. The average molecular weight is 278 g/mol. The minimum atomic E-state index is -0.147. The van der Waals surface area contributed by atoms with Gasteiger partial charge in [-0.25, -0.2) is 4.39 Å². The molecule has 112 valence electrons. The summed E-state index contributed by atoms with van der Waals surface area (Å²) in [7, 11) is 2.13. The van der Waals surface area contributed by atoms with Gasteiger partial charge in [-0.2, -0.15) is 0 Å². The van der Waals surface area contributed by atoms with Crippen LogP contribution in [0.1, 0.15) is 32.3 Å². The predicted octanol–water partition coefficient (Wildman–Crippen LogP) is 3.28. The van der Waals surface area contributed by atoms with E-state index < -0.39 is 0 Å². The minimum absolute atomic E-state index is 0.147. The maximum atomic E-state index is 13.2. The van der Waals surface area contributed by atoms with Gasteiger partial charge in [-0.05, 0) is 62.0 Å². The van der Waals surface area contributed by atoms with Crippen molar-refractivity contribution in [3.05, 3.63) is 35.6 Å². The fourth-order valence-electron chi connectivity index (χ4n) is 3.35. The molecule has 3 heteroatoms. The van der Waals surface area contributed by atoms with Crippen LogP contribution in [0, 0.1) is 17.2 Å². The molecule has 0 aromatic heterocycles. The zero-order chi connectivity index (χ0) is 14.6. The van der Waals surface area contributed by atoms with E-state index in [0.717, 1.165) is 37.7 Å². The molecule has 1 aliphatic rings. The van der Waals surface area contributed by atoms with E-state index in [1.807, 2.05) is 6.07 Å². The van der Waals surface area contributed by atoms with Gasteiger partial charge in [-0.3, -0.25) is 0 Å². The van der Waals surface area contributed by atoms with Crippen molar-refractivity contribution in [2.75, 3.05) is 26.7 Å². The molecular weight excluding hydrogens is 251 g/mol. The number of rotatable bonds is 5. The van der Waals surface area contributed by atoms with E-state index in [0.29, 0.717) is 0 Å². The summed E-state index contributed by atoms with van der Waals surface area (Å²) < 4.78 is 13.2. The molecule has 20 heavy (non-hydrogen) atoms. The largest absolute Gasteiger partial charge is 0.316 e. The second kappa shape index (κ2) is 6.68. The number of halogens is 1. The van der Waals surface area contributed by atoms with Gasteiger partial charge in [0.15, 0.2) is 0 Å². The van der Waals surface area contributed by atoms with E-state index in [2.05, 4.69) is 31.1 Å². The molecule has 1 N–H and O–H groups in total. The van der Waals surface area contributed by atoms with Crippen molar-refractivity contribution in [3.63, 3.8) is 0 Å². The number of hydrogen-bond acceptors (Lipinski definition) is 2. The van der Waals surface area contributed by atoms with E-state index in [1.54, 1.807) is 12.1 Å². The summed E-state index contributed by atoms with van der Waals surface area (Å²) in [6.45, 7) is 8.84. The molecule has 0 spiro atoms. The molecule has 1 aromatic rings. The highest BCUT2D eigenvalue weighted by Gasteiger charge is 2.31. The second-order valence-electron chi connectivity index (χ2n) is 6.83. The van der Waals surface area contributed by atoms with Gasteiger partial charge in [0.25, 0.3) is 0 Å². The molecule has 1 aliphatic heterocycles. The van der Waals surface area contributed by atoms with Crippen LogP contribution in [-0.2, 0) is 6.54 Å². The SMILES string of the molecule is CN(Cc1cccc(F)c1)CC(C)(C)C1CCCNC1. The Hall–Kier alpha value is -0.930. The van der Waals surface area contributed by atoms with Gasteiger partial charge < -0.3 is 10.2 Å². The van der Waals surface area contributed by atoms with Gasteiger partial charge in [0, 0.05) is 13.1 Å². The Morgan fingerprint density at radius 2 is 2.20 bits per heavy atom. The zero-order valence-electron chi connectivity index (χ0n) is 13.0. The standard InChI is InChI=1S/C17H27FN2/c1-17(2,15-7-5-9-19-11-15)13-20(3)12-14-6-4-8-16(18)10-14/h4,6,8,10,15,19H,5,7,9,11-13H2,1-3H3. The lowest BCUT2D eigenvalue weighted by Gasteiger charge is -2.40. The Morgan fingerprint density at radius 1 is 1.40 bits per heavy atom. The number of nitrogens with zero attached hydrogens (tertiary/aromatic N) is 1. The second-order valence-corrected chi connectivity index (χ2v) is 6.83. The summed E-state index contributed by atoms with van der Waals surface area (Å²) in [5.74, 6) is 0.581. The molecule has 1 unspecified atom stereocenters. The topological polar surface area (TPSA) is 15.3 Å². The van der Waals surface area contributed by atoms with Gasteiger partial charge >= 0.3 is 0 Å². The number of benzene rings is 1. The van der Waals surface area contributed by atoms with Crippen LogP contribution in [-0.4, -0.2) is 31.6 Å². The molecule has 0 radical (unpaired) electrons. The minimum Gasteiger partial charge on any atom is -0.316 e. The van der Waals surface area contributed by atoms with E-state index in [1.165, 1.54) is 18.9 Å². The third-order valence-corrected chi connectivity index (χ3v) is 4.42. The molecule has 1 saturated heterocycles. The summed E-state index contributed by atoms with van der Waals surface area (Å²) >= 11 is 0. The quantitative estimate of drug-likeness (QED) is 0.889. The Balaban J connectivity index is 1.90. The normalized spacial score (nSPS) is 20.4. The van der Waals surface area contributed by atoms with Crippen molar-refractivity contribution < 1.29 is 4.39 Å². The first-order valence-corrected chi connectivity index (χ1v) is 7.61. The predicted molar refractivity (Wildman–Crippen MR) is 82.1 cm³/mol. The average Bonchev–Trinajstić information content (AvgIpc) is 2.39. The van der Waals surface area contributed by atoms with Gasteiger partial charge in [0.2, 0.25) is 0 Å². The third kappa shape index (κ3) is 4.29. The lowest BCUT2D eigenvalue weighted by molar-refractivity contribution is 0.111. The van der Waals surface area contributed by atoms with Crippen LogP contribution in [0.25, 0.3) is 0 Å². The van der Waals surface area contributed by atoms with E-state index in [-0.39, 0.29) is 11.2 Å². The third-order valence-electron chi connectivity index (χ3n) is 4.42. The van der Waals surface area contributed by atoms with Crippen LogP contribution in [0.4, 0.5) is 4.39 Å². The lowest BCUT2D eigenvalue weighted by atomic mass is 9.74. The highest BCUT2D eigenvalue weighted by molar-refractivity contribution is 5.16. The van der Waals surface area contributed by atoms with E-state index in [4.69, 9.17) is 0 Å². The Kier molecular flexibility index (Phi) is 5.17. The molecule has 0 aliphatic carbocycles. The molecule has 0 amide bonds. The maximum Gasteiger partial charge on any atom is 0.123 e. The molecule has 0 saturated carbocycles. The maximum absolute atomic E-state index is 13.2. The monoisotopic (exact) mass is 278 g/mol. The molecule has 1 aromatic carbocycles. The van der Waals surface area contributed by atoms with Crippen LogP contribution in [0.2, 0.25) is 0 Å². The molecule has 1 heterocycles. The zero-order valence-corrected chi connectivity index (χ0v) is 13.0.